The van der Waals surface area contributed by atoms with Crippen LogP contribution >= 0.6 is 11.8 Å². The van der Waals surface area contributed by atoms with E-state index in [4.69, 9.17) is 0 Å². The summed E-state index contributed by atoms with van der Waals surface area (Å²) >= 11 is 1.88. The van der Waals surface area contributed by atoms with Crippen LogP contribution in [0.15, 0.2) is 36.7 Å². The molecule has 1 aromatic carbocycles. The number of urea groups is 1. The lowest BCUT2D eigenvalue weighted by molar-refractivity contribution is 0.160. The first-order chi connectivity index (χ1) is 11.8. The van der Waals surface area contributed by atoms with Crippen LogP contribution < -0.4 is 5.32 Å². The van der Waals surface area contributed by atoms with Crippen LogP contribution in [0.5, 0.6) is 0 Å². The number of thioether (sulfide) groups is 1. The van der Waals surface area contributed by atoms with E-state index in [2.05, 4.69) is 34.3 Å². The molecule has 2 heterocycles. The fourth-order valence-corrected chi connectivity index (χ4v) is 3.69. The number of benzene rings is 1. The number of aromatic amines is 1. The van der Waals surface area contributed by atoms with Gasteiger partial charge in [-0.1, -0.05) is 19.1 Å². The number of rotatable bonds is 5. The highest BCUT2D eigenvalue weighted by molar-refractivity contribution is 7.98. The molecule has 5 nitrogen and oxygen atoms in total. The quantitative estimate of drug-likeness (QED) is 0.844. The molecule has 1 aliphatic heterocycles. The molecule has 1 aromatic heterocycles. The molecule has 1 aliphatic rings. The van der Waals surface area contributed by atoms with E-state index in [0.717, 1.165) is 48.8 Å². The zero-order valence-electron chi connectivity index (χ0n) is 14.0. The second-order valence-electron chi connectivity index (χ2n) is 5.95. The third kappa shape index (κ3) is 4.12. The highest BCUT2D eigenvalue weighted by atomic mass is 32.2. The summed E-state index contributed by atoms with van der Waals surface area (Å²) in [6.45, 7) is 2.92. The molecule has 1 saturated heterocycles. The number of hydrogen-bond acceptors (Lipinski definition) is 3. The summed E-state index contributed by atoms with van der Waals surface area (Å²) in [6.07, 6.45) is 6.68. The Morgan fingerprint density at radius 2 is 2.38 bits per heavy atom. The van der Waals surface area contributed by atoms with Crippen LogP contribution in [0, 0.1) is 0 Å². The predicted molar refractivity (Wildman–Crippen MR) is 99.2 cm³/mol. The van der Waals surface area contributed by atoms with Crippen LogP contribution in [0.4, 0.5) is 10.5 Å². The third-order valence-electron chi connectivity index (χ3n) is 4.25. The normalized spacial score (nSPS) is 17.7. The molecule has 0 saturated carbocycles. The van der Waals surface area contributed by atoms with Crippen LogP contribution in [-0.4, -0.2) is 33.2 Å². The van der Waals surface area contributed by atoms with Gasteiger partial charge in [0.1, 0.15) is 5.82 Å². The number of piperidine rings is 1. The molecule has 2 N–H and O–H groups in total. The SMILES string of the molecule is CCSCc1cccc(NC(=O)N2CCCC[C@@H]2c2ncc[nH]2)c1. The summed E-state index contributed by atoms with van der Waals surface area (Å²) in [5.74, 6) is 2.94. The Hall–Kier alpha value is -1.95. The number of carbonyl (C=O) groups excluding carboxylic acids is 1. The van der Waals surface area contributed by atoms with Crippen molar-refractivity contribution < 1.29 is 4.79 Å². The van der Waals surface area contributed by atoms with E-state index in [-0.39, 0.29) is 12.1 Å². The van der Waals surface area contributed by atoms with Crippen LogP contribution in [0.3, 0.4) is 0 Å². The highest BCUT2D eigenvalue weighted by Gasteiger charge is 2.29. The summed E-state index contributed by atoms with van der Waals surface area (Å²) in [5.41, 5.74) is 2.10. The largest absolute Gasteiger partial charge is 0.347 e. The van der Waals surface area contributed by atoms with Gasteiger partial charge in [0.25, 0.3) is 0 Å². The number of nitrogens with zero attached hydrogens (tertiary/aromatic N) is 2. The summed E-state index contributed by atoms with van der Waals surface area (Å²) in [6, 6.07) is 8.10. The van der Waals surface area contributed by atoms with Crippen LogP contribution in [0.1, 0.15) is 43.6 Å². The fourth-order valence-electron chi connectivity index (χ4n) is 3.07. The molecule has 24 heavy (non-hydrogen) atoms. The van der Waals surface area contributed by atoms with Crippen molar-refractivity contribution in [3.05, 3.63) is 48.0 Å². The van der Waals surface area contributed by atoms with Gasteiger partial charge in [0.2, 0.25) is 0 Å². The van der Waals surface area contributed by atoms with Crippen molar-refractivity contribution in [3.63, 3.8) is 0 Å². The average molecular weight is 344 g/mol. The van der Waals surface area contributed by atoms with Crippen molar-refractivity contribution in [1.82, 2.24) is 14.9 Å². The van der Waals surface area contributed by atoms with E-state index >= 15 is 0 Å². The van der Waals surface area contributed by atoms with Crippen molar-refractivity contribution >= 4 is 23.5 Å². The monoisotopic (exact) mass is 344 g/mol. The van der Waals surface area contributed by atoms with E-state index in [9.17, 15) is 4.79 Å². The first-order valence-electron chi connectivity index (χ1n) is 8.51. The lowest BCUT2D eigenvalue weighted by Gasteiger charge is -2.34. The third-order valence-corrected chi connectivity index (χ3v) is 5.20. The van der Waals surface area contributed by atoms with Crippen molar-refractivity contribution in [3.8, 4) is 0 Å². The molecule has 128 valence electrons. The molecule has 1 fully saturated rings. The maximum absolute atomic E-state index is 12.8. The molecule has 0 radical (unpaired) electrons. The number of carbonyl (C=O) groups is 1. The van der Waals surface area contributed by atoms with E-state index in [0.29, 0.717) is 0 Å². The standard InChI is InChI=1S/C18H24N4OS/c1-2-24-13-14-6-5-7-15(12-14)21-18(23)22-11-4-3-8-16(22)17-19-9-10-20-17/h5-7,9-10,12,16H,2-4,8,11,13H2,1H3,(H,19,20)(H,21,23)/t16-/m1/s1. The summed E-state index contributed by atoms with van der Waals surface area (Å²) in [4.78, 5) is 22.2. The van der Waals surface area contributed by atoms with Gasteiger partial charge in [0.15, 0.2) is 0 Å². The van der Waals surface area contributed by atoms with E-state index in [1.54, 1.807) is 6.20 Å². The summed E-state index contributed by atoms with van der Waals surface area (Å²) in [5, 5.41) is 3.06. The van der Waals surface area contributed by atoms with Gasteiger partial charge in [0.05, 0.1) is 6.04 Å². The topological polar surface area (TPSA) is 61.0 Å². The van der Waals surface area contributed by atoms with Gasteiger partial charge in [-0.05, 0) is 42.7 Å². The van der Waals surface area contributed by atoms with Gasteiger partial charge in [-0.2, -0.15) is 11.8 Å². The minimum atomic E-state index is -0.0450. The van der Waals surface area contributed by atoms with Gasteiger partial charge >= 0.3 is 6.03 Å². The molecule has 2 aromatic rings. The summed E-state index contributed by atoms with van der Waals surface area (Å²) in [7, 11) is 0. The molecule has 2 amide bonds. The predicted octanol–water partition coefficient (Wildman–Crippen LogP) is 4.42. The van der Waals surface area contributed by atoms with Gasteiger partial charge < -0.3 is 15.2 Å². The number of aromatic nitrogens is 2. The molecule has 0 spiro atoms. The maximum atomic E-state index is 12.8. The van der Waals surface area contributed by atoms with Crippen molar-refractivity contribution in [2.24, 2.45) is 0 Å². The maximum Gasteiger partial charge on any atom is 0.322 e. The number of hydrogen-bond donors (Lipinski definition) is 2. The fraction of sp³-hybridized carbons (Fsp3) is 0.444. The van der Waals surface area contributed by atoms with E-state index in [1.165, 1.54) is 5.56 Å². The summed E-state index contributed by atoms with van der Waals surface area (Å²) < 4.78 is 0. The molecule has 3 rings (SSSR count). The van der Waals surface area contributed by atoms with E-state index in [1.807, 2.05) is 35.0 Å². The van der Waals surface area contributed by atoms with Crippen LogP contribution in [0.2, 0.25) is 0 Å². The van der Waals surface area contributed by atoms with Crippen LogP contribution in [0.25, 0.3) is 0 Å². The second kappa shape index (κ2) is 8.24. The Balaban J connectivity index is 1.69. The number of H-pyrrole nitrogens is 1. The number of nitrogens with one attached hydrogen (secondary N) is 2. The molecule has 0 bridgehead atoms. The van der Waals surface area contributed by atoms with Gasteiger partial charge in [0, 0.05) is 30.4 Å². The molecule has 0 aliphatic carbocycles. The molecule has 1 atom stereocenters. The zero-order chi connectivity index (χ0) is 16.8. The zero-order valence-corrected chi connectivity index (χ0v) is 14.8. The van der Waals surface area contributed by atoms with Gasteiger partial charge in [-0.3, -0.25) is 0 Å². The number of amides is 2. The minimum absolute atomic E-state index is 0.0348. The Labute approximate surface area is 147 Å². The van der Waals surface area contributed by atoms with Crippen molar-refractivity contribution in [2.75, 3.05) is 17.6 Å². The molecular weight excluding hydrogens is 320 g/mol. The van der Waals surface area contributed by atoms with Crippen molar-refractivity contribution in [1.29, 1.82) is 0 Å². The van der Waals surface area contributed by atoms with Crippen LogP contribution in [-0.2, 0) is 5.75 Å². The first-order valence-corrected chi connectivity index (χ1v) is 9.67. The average Bonchev–Trinajstić information content (AvgIpc) is 3.15. The molecular formula is C18H24N4OS. The van der Waals surface area contributed by atoms with E-state index < -0.39 is 0 Å². The number of imidazole rings is 1. The smallest absolute Gasteiger partial charge is 0.322 e. The Bertz CT molecular complexity index is 659. The Morgan fingerprint density at radius 3 is 3.17 bits per heavy atom. The molecule has 6 heteroatoms. The molecule has 0 unspecified atom stereocenters. The number of likely N-dealkylation sites (tertiary alicyclic amines) is 1. The highest BCUT2D eigenvalue weighted by Crippen LogP contribution is 2.29. The number of anilines is 1. The van der Waals surface area contributed by atoms with Crippen molar-refractivity contribution in [2.45, 2.75) is 38.0 Å². The van der Waals surface area contributed by atoms with Gasteiger partial charge in [-0.25, -0.2) is 9.78 Å². The lowest BCUT2D eigenvalue weighted by atomic mass is 10.0. The Morgan fingerprint density at radius 1 is 1.46 bits per heavy atom. The Kier molecular flexibility index (Phi) is 5.80. The second-order valence-corrected chi connectivity index (χ2v) is 7.22. The first kappa shape index (κ1) is 16.9. The minimum Gasteiger partial charge on any atom is -0.347 e. The van der Waals surface area contributed by atoms with Gasteiger partial charge in [-0.15, -0.1) is 0 Å². The lowest BCUT2D eigenvalue weighted by Crippen LogP contribution is -2.41.